The first-order valence-electron chi connectivity index (χ1n) is 8.55. The van der Waals surface area contributed by atoms with Gasteiger partial charge in [-0.15, -0.1) is 0 Å². The molecule has 3 heterocycles. The topological polar surface area (TPSA) is 73.3 Å². The molecule has 1 N–H and O–H groups in total. The number of hydrogen-bond donors (Lipinski definition) is 1. The maximum absolute atomic E-state index is 13.0. The number of hydrogen-bond acceptors (Lipinski definition) is 4. The molecule has 3 saturated heterocycles. The number of amides is 3. The molecule has 0 spiro atoms. The molecule has 3 fully saturated rings. The fourth-order valence-corrected chi connectivity index (χ4v) is 3.75. The average Bonchev–Trinajstić information content (AvgIpc) is 2.92. The maximum Gasteiger partial charge on any atom is 0.319 e. The Morgan fingerprint density at radius 1 is 1.20 bits per heavy atom. The molecule has 3 aliphatic rings. The zero-order chi connectivity index (χ0) is 18.1. The summed E-state index contributed by atoms with van der Waals surface area (Å²) in [6, 6.07) is 4.68. The van der Waals surface area contributed by atoms with E-state index in [2.05, 4.69) is 0 Å². The van der Waals surface area contributed by atoms with Crippen LogP contribution in [0.3, 0.4) is 0 Å². The van der Waals surface area contributed by atoms with Gasteiger partial charge in [0.05, 0.1) is 7.11 Å². The molecule has 7 heteroatoms. The number of rotatable bonds is 2. The zero-order valence-electron chi connectivity index (χ0n) is 14.9. The van der Waals surface area contributed by atoms with Crippen molar-refractivity contribution in [2.75, 3.05) is 40.8 Å². The summed E-state index contributed by atoms with van der Waals surface area (Å²) >= 11 is 0. The third-order valence-electron chi connectivity index (χ3n) is 5.05. The van der Waals surface area contributed by atoms with Crippen molar-refractivity contribution in [3.05, 3.63) is 23.8 Å². The fraction of sp³-hybridized carbons (Fsp3) is 0.556. The molecule has 0 unspecified atom stereocenters. The van der Waals surface area contributed by atoms with Gasteiger partial charge in [0.1, 0.15) is 0 Å². The number of urea groups is 1. The summed E-state index contributed by atoms with van der Waals surface area (Å²) in [5.74, 6) is 0.521. The molecule has 2 bridgehead atoms. The minimum atomic E-state index is -0.0767. The van der Waals surface area contributed by atoms with Crippen LogP contribution >= 0.6 is 0 Å². The van der Waals surface area contributed by atoms with Gasteiger partial charge in [-0.3, -0.25) is 4.79 Å². The van der Waals surface area contributed by atoms with E-state index in [1.165, 1.54) is 13.2 Å². The number of benzene rings is 1. The van der Waals surface area contributed by atoms with E-state index in [0.29, 0.717) is 31.1 Å². The number of carbonyl (C=O) groups excluding carboxylic acids is 2. The lowest BCUT2D eigenvalue weighted by Gasteiger charge is -2.36. The van der Waals surface area contributed by atoms with Gasteiger partial charge in [-0.2, -0.15) is 0 Å². The van der Waals surface area contributed by atoms with Crippen LogP contribution in [0, 0.1) is 5.92 Å². The maximum atomic E-state index is 13.0. The van der Waals surface area contributed by atoms with Crippen LogP contribution in [0.25, 0.3) is 0 Å². The van der Waals surface area contributed by atoms with Crippen molar-refractivity contribution in [1.29, 1.82) is 0 Å². The summed E-state index contributed by atoms with van der Waals surface area (Å²) in [5.41, 5.74) is 0.493. The fourth-order valence-electron chi connectivity index (χ4n) is 3.75. The summed E-state index contributed by atoms with van der Waals surface area (Å²) in [5, 5.41) is 9.73. The normalized spacial score (nSPS) is 22.5. The van der Waals surface area contributed by atoms with Crippen molar-refractivity contribution < 1.29 is 19.4 Å². The van der Waals surface area contributed by atoms with E-state index in [1.807, 2.05) is 9.80 Å². The summed E-state index contributed by atoms with van der Waals surface area (Å²) in [6.07, 6.45) is 1.94. The largest absolute Gasteiger partial charge is 0.504 e. The second-order valence-corrected chi connectivity index (χ2v) is 7.02. The van der Waals surface area contributed by atoms with Crippen LogP contribution in [0.1, 0.15) is 23.2 Å². The van der Waals surface area contributed by atoms with E-state index >= 15 is 0 Å². The summed E-state index contributed by atoms with van der Waals surface area (Å²) in [6.45, 7) is 1.91. The Hall–Kier alpha value is -2.44. The molecular weight excluding hydrogens is 322 g/mol. The summed E-state index contributed by atoms with van der Waals surface area (Å²) < 4.78 is 5.11. The first-order chi connectivity index (χ1) is 11.9. The first kappa shape index (κ1) is 17.4. The number of ether oxygens (including phenoxy) is 1. The molecule has 0 saturated carbocycles. The third-order valence-corrected chi connectivity index (χ3v) is 5.05. The SMILES string of the molecule is COc1cc(C(=O)N2C[C@@H]3CC[C@H]2CN(C(=O)N(C)C)C3)ccc1O. The van der Waals surface area contributed by atoms with Crippen LogP contribution < -0.4 is 4.74 Å². The minimum Gasteiger partial charge on any atom is -0.504 e. The number of carbonyl (C=O) groups is 2. The Morgan fingerprint density at radius 3 is 2.64 bits per heavy atom. The second kappa shape index (κ2) is 6.82. The van der Waals surface area contributed by atoms with Crippen LogP contribution in [-0.2, 0) is 0 Å². The number of fused-ring (bicyclic) bond motifs is 4. The van der Waals surface area contributed by atoms with Crippen LogP contribution in [0.15, 0.2) is 18.2 Å². The number of nitrogens with zero attached hydrogens (tertiary/aromatic N) is 3. The summed E-state index contributed by atoms with van der Waals surface area (Å²) in [7, 11) is 4.96. The Labute approximate surface area is 147 Å². The van der Waals surface area contributed by atoms with Gasteiger partial charge in [0.15, 0.2) is 11.5 Å². The van der Waals surface area contributed by atoms with E-state index in [-0.39, 0.29) is 29.5 Å². The Balaban J connectivity index is 1.81. The van der Waals surface area contributed by atoms with Crippen molar-refractivity contribution in [3.63, 3.8) is 0 Å². The quantitative estimate of drug-likeness (QED) is 0.882. The average molecular weight is 347 g/mol. The van der Waals surface area contributed by atoms with Gasteiger partial charge in [0.2, 0.25) is 0 Å². The molecule has 0 aliphatic carbocycles. The van der Waals surface area contributed by atoms with Crippen LogP contribution in [0.4, 0.5) is 4.79 Å². The lowest BCUT2D eigenvalue weighted by molar-refractivity contribution is 0.0585. The molecular formula is C18H25N3O4. The van der Waals surface area contributed by atoms with Crippen molar-refractivity contribution in [2.45, 2.75) is 18.9 Å². The zero-order valence-corrected chi connectivity index (χ0v) is 14.9. The Bertz CT molecular complexity index is 676. The molecule has 2 atom stereocenters. The van der Waals surface area contributed by atoms with Gasteiger partial charge in [-0.1, -0.05) is 0 Å². The summed E-state index contributed by atoms with van der Waals surface area (Å²) in [4.78, 5) is 30.7. The second-order valence-electron chi connectivity index (χ2n) is 7.02. The van der Waals surface area contributed by atoms with Gasteiger partial charge in [-0.05, 0) is 37.0 Å². The van der Waals surface area contributed by atoms with Crippen molar-refractivity contribution in [3.8, 4) is 11.5 Å². The van der Waals surface area contributed by atoms with Crippen LogP contribution in [0.2, 0.25) is 0 Å². The standard InChI is InChI=1S/C18H25N3O4/c1-19(2)18(24)20-9-12-4-6-14(11-20)21(10-12)17(23)13-5-7-15(22)16(8-13)25-3/h5,7-8,12,14,22H,4,6,9-11H2,1-3H3/t12-,14+/m1/s1. The first-order valence-corrected chi connectivity index (χ1v) is 8.55. The van der Waals surface area contributed by atoms with E-state index in [1.54, 1.807) is 31.1 Å². The number of aromatic hydroxyl groups is 1. The number of phenols is 1. The highest BCUT2D eigenvalue weighted by molar-refractivity contribution is 5.95. The van der Waals surface area contributed by atoms with E-state index < -0.39 is 0 Å². The molecule has 0 aromatic heterocycles. The highest BCUT2D eigenvalue weighted by Crippen LogP contribution is 2.31. The lowest BCUT2D eigenvalue weighted by Crippen LogP contribution is -2.48. The molecule has 1 aromatic rings. The number of phenolic OH excluding ortho intramolecular Hbond substituents is 1. The van der Waals surface area contributed by atoms with Crippen LogP contribution in [-0.4, -0.2) is 78.6 Å². The van der Waals surface area contributed by atoms with Gasteiger partial charge >= 0.3 is 6.03 Å². The van der Waals surface area contributed by atoms with E-state index in [0.717, 1.165) is 12.8 Å². The molecule has 1 aromatic carbocycles. The predicted octanol–water partition coefficient (Wildman–Crippen LogP) is 1.62. The molecule has 0 radical (unpaired) electrons. The third kappa shape index (κ3) is 3.36. The van der Waals surface area contributed by atoms with Gasteiger partial charge in [-0.25, -0.2) is 4.79 Å². The molecule has 25 heavy (non-hydrogen) atoms. The van der Waals surface area contributed by atoms with Gasteiger partial charge in [0, 0.05) is 45.3 Å². The lowest BCUT2D eigenvalue weighted by atomic mass is 9.94. The Kier molecular flexibility index (Phi) is 4.74. The van der Waals surface area contributed by atoms with Crippen molar-refractivity contribution in [1.82, 2.24) is 14.7 Å². The number of methoxy groups -OCH3 is 1. The van der Waals surface area contributed by atoms with Gasteiger partial charge in [0.25, 0.3) is 5.91 Å². The molecule has 136 valence electrons. The van der Waals surface area contributed by atoms with Crippen molar-refractivity contribution >= 4 is 11.9 Å². The van der Waals surface area contributed by atoms with Gasteiger partial charge < -0.3 is 24.5 Å². The molecule has 7 nitrogen and oxygen atoms in total. The molecule has 4 rings (SSSR count). The smallest absolute Gasteiger partial charge is 0.319 e. The highest BCUT2D eigenvalue weighted by atomic mass is 16.5. The van der Waals surface area contributed by atoms with Crippen LogP contribution in [0.5, 0.6) is 11.5 Å². The van der Waals surface area contributed by atoms with Crippen molar-refractivity contribution in [2.24, 2.45) is 5.92 Å². The molecule has 3 aliphatic heterocycles. The Morgan fingerprint density at radius 2 is 1.96 bits per heavy atom. The highest BCUT2D eigenvalue weighted by Gasteiger charge is 2.39. The molecule has 3 amide bonds. The predicted molar refractivity (Wildman–Crippen MR) is 92.9 cm³/mol. The van der Waals surface area contributed by atoms with E-state index in [4.69, 9.17) is 4.74 Å². The monoisotopic (exact) mass is 347 g/mol. The minimum absolute atomic E-state index is 0.00231. The number of piperidine rings is 1. The van der Waals surface area contributed by atoms with E-state index in [9.17, 15) is 14.7 Å².